The standard InChI is InChI=1S/C30H22N2O10/c33-21(34)9-11-31-27(37)17-5-1-13-15-3-7-19(29(39)40)26-20(30(41)42)8-4-16(24(15)26)14-2-6-18(25(17)23(13)14)28(38)32-12-10-22(35)36/h1-8H,9-12H2,(H,31,37)(H,32,38)(H,33,34)(H,35,36)(H,39,40)(H,41,42). The topological polar surface area (TPSA) is 207 Å². The van der Waals surface area contributed by atoms with Gasteiger partial charge in [0.05, 0.1) is 24.0 Å². The summed E-state index contributed by atoms with van der Waals surface area (Å²) in [6.45, 7) is -0.343. The molecule has 5 aromatic rings. The van der Waals surface area contributed by atoms with E-state index in [9.17, 15) is 39.0 Å². The van der Waals surface area contributed by atoms with Crippen LogP contribution >= 0.6 is 0 Å². The number of fused-ring (bicyclic) bond motifs is 2. The van der Waals surface area contributed by atoms with Crippen LogP contribution < -0.4 is 10.6 Å². The first-order valence-corrected chi connectivity index (χ1v) is 12.7. The van der Waals surface area contributed by atoms with E-state index >= 15 is 0 Å². The Balaban J connectivity index is 1.87. The van der Waals surface area contributed by atoms with Crippen molar-refractivity contribution in [2.75, 3.05) is 13.1 Å². The molecule has 212 valence electrons. The Bertz CT molecular complexity index is 1860. The van der Waals surface area contributed by atoms with Crippen molar-refractivity contribution in [1.82, 2.24) is 10.6 Å². The highest BCUT2D eigenvalue weighted by Crippen LogP contribution is 2.44. The van der Waals surface area contributed by atoms with Crippen molar-refractivity contribution in [3.63, 3.8) is 0 Å². The van der Waals surface area contributed by atoms with Gasteiger partial charge in [-0.25, -0.2) is 9.59 Å². The Morgan fingerprint density at radius 3 is 1.07 bits per heavy atom. The molecule has 5 aromatic carbocycles. The molecule has 42 heavy (non-hydrogen) atoms. The highest BCUT2D eigenvalue weighted by Gasteiger charge is 2.25. The number of amides is 2. The highest BCUT2D eigenvalue weighted by atomic mass is 16.4. The molecule has 6 N–H and O–H groups in total. The number of rotatable bonds is 10. The van der Waals surface area contributed by atoms with Gasteiger partial charge in [0, 0.05) is 35.0 Å². The Labute approximate surface area is 235 Å². The molecule has 2 amide bonds. The number of carboxylic acids is 4. The smallest absolute Gasteiger partial charge is 0.336 e. The Kier molecular flexibility index (Phi) is 7.05. The van der Waals surface area contributed by atoms with Gasteiger partial charge in [0.1, 0.15) is 0 Å². The normalized spacial score (nSPS) is 11.2. The van der Waals surface area contributed by atoms with Crippen molar-refractivity contribution in [2.24, 2.45) is 0 Å². The van der Waals surface area contributed by atoms with Gasteiger partial charge < -0.3 is 31.1 Å². The van der Waals surface area contributed by atoms with E-state index in [4.69, 9.17) is 10.2 Å². The predicted molar refractivity (Wildman–Crippen MR) is 151 cm³/mol. The number of carbonyl (C=O) groups is 6. The van der Waals surface area contributed by atoms with Crippen LogP contribution in [-0.2, 0) is 9.59 Å². The average Bonchev–Trinajstić information content (AvgIpc) is 2.94. The number of aromatic carboxylic acids is 2. The van der Waals surface area contributed by atoms with E-state index < -0.39 is 35.7 Å². The lowest BCUT2D eigenvalue weighted by Gasteiger charge is -2.20. The second kappa shape index (κ2) is 10.7. The third-order valence-corrected chi connectivity index (χ3v) is 7.10. The molecule has 0 heterocycles. The molecule has 5 rings (SSSR count). The monoisotopic (exact) mass is 570 g/mol. The molecule has 0 bridgehead atoms. The van der Waals surface area contributed by atoms with Gasteiger partial charge in [-0.1, -0.05) is 24.3 Å². The summed E-state index contributed by atoms with van der Waals surface area (Å²) in [5, 5.41) is 45.9. The number of carbonyl (C=O) groups excluding carboxylic acids is 2. The summed E-state index contributed by atoms with van der Waals surface area (Å²) in [6.07, 6.45) is -0.661. The number of hydrogen-bond acceptors (Lipinski definition) is 6. The van der Waals surface area contributed by atoms with Gasteiger partial charge in [-0.15, -0.1) is 0 Å². The summed E-state index contributed by atoms with van der Waals surface area (Å²) >= 11 is 0. The molecule has 12 heteroatoms. The minimum Gasteiger partial charge on any atom is -0.481 e. The van der Waals surface area contributed by atoms with Crippen LogP contribution in [0.15, 0.2) is 48.5 Å². The Hall–Kier alpha value is -5.78. The minimum absolute atomic E-state index is 0.0368. The fraction of sp³-hybridized carbons (Fsp3) is 0.133. The van der Waals surface area contributed by atoms with Gasteiger partial charge in [0.25, 0.3) is 11.8 Å². The number of nitrogens with one attached hydrogen (secondary N) is 2. The van der Waals surface area contributed by atoms with Gasteiger partial charge in [0.2, 0.25) is 0 Å². The summed E-state index contributed by atoms with van der Waals surface area (Å²) in [5.41, 5.74) is -0.269. The molecule has 0 saturated heterocycles. The Morgan fingerprint density at radius 2 is 0.762 bits per heavy atom. The predicted octanol–water partition coefficient (Wildman–Crippen LogP) is 3.54. The molecular weight excluding hydrogens is 548 g/mol. The number of benzene rings is 5. The van der Waals surface area contributed by atoms with Crippen molar-refractivity contribution < 1.29 is 49.2 Å². The maximum absolute atomic E-state index is 13.3. The molecule has 0 radical (unpaired) electrons. The summed E-state index contributed by atoms with van der Waals surface area (Å²) in [6, 6.07) is 11.8. The first kappa shape index (κ1) is 27.8. The van der Waals surface area contributed by atoms with E-state index in [0.29, 0.717) is 32.3 Å². The third kappa shape index (κ3) is 4.64. The van der Waals surface area contributed by atoms with Crippen molar-refractivity contribution in [2.45, 2.75) is 12.8 Å². The lowest BCUT2D eigenvalue weighted by Crippen LogP contribution is -2.28. The maximum atomic E-state index is 13.3. The fourth-order valence-electron chi connectivity index (χ4n) is 5.38. The summed E-state index contributed by atoms with van der Waals surface area (Å²) < 4.78 is 0. The van der Waals surface area contributed by atoms with E-state index in [1.807, 2.05) is 0 Å². The van der Waals surface area contributed by atoms with Crippen LogP contribution in [0.2, 0.25) is 0 Å². The first-order valence-electron chi connectivity index (χ1n) is 12.7. The third-order valence-electron chi connectivity index (χ3n) is 7.10. The minimum atomic E-state index is -1.31. The molecule has 12 nitrogen and oxygen atoms in total. The molecule has 0 fully saturated rings. The molecule has 0 saturated carbocycles. The van der Waals surface area contributed by atoms with Gasteiger partial charge in [-0.05, 0) is 56.6 Å². The van der Waals surface area contributed by atoms with E-state index in [0.717, 1.165) is 0 Å². The molecule has 0 aliphatic rings. The molecular formula is C30H22N2O10. The molecule has 0 aliphatic carbocycles. The van der Waals surface area contributed by atoms with Crippen LogP contribution in [0.25, 0.3) is 43.1 Å². The first-order chi connectivity index (χ1) is 20.0. The molecule has 0 atom stereocenters. The van der Waals surface area contributed by atoms with E-state index in [1.165, 1.54) is 24.3 Å². The largest absolute Gasteiger partial charge is 0.481 e. The van der Waals surface area contributed by atoms with Gasteiger partial charge >= 0.3 is 23.9 Å². The maximum Gasteiger partial charge on any atom is 0.336 e. The number of aliphatic carboxylic acids is 2. The van der Waals surface area contributed by atoms with Gasteiger partial charge in [-0.2, -0.15) is 0 Å². The van der Waals surface area contributed by atoms with Crippen LogP contribution in [0.4, 0.5) is 0 Å². The summed E-state index contributed by atoms with van der Waals surface area (Å²) in [4.78, 5) is 72.7. The SMILES string of the molecule is O=C(O)CCNC(=O)c1ccc2c3ccc(C(=O)O)c4c(C(=O)O)ccc(c5ccc(C(=O)NCCC(=O)O)c1c25)c43. The zero-order chi connectivity index (χ0) is 30.3. The van der Waals surface area contributed by atoms with Crippen molar-refractivity contribution in [3.05, 3.63) is 70.8 Å². The zero-order valence-corrected chi connectivity index (χ0v) is 21.7. The fourth-order valence-corrected chi connectivity index (χ4v) is 5.38. The van der Waals surface area contributed by atoms with Crippen LogP contribution in [0, 0.1) is 0 Å². The van der Waals surface area contributed by atoms with Crippen LogP contribution in [0.1, 0.15) is 54.3 Å². The second-order valence-electron chi connectivity index (χ2n) is 9.55. The Morgan fingerprint density at radius 1 is 0.452 bits per heavy atom. The lowest BCUT2D eigenvalue weighted by atomic mass is 9.84. The molecule has 0 unspecified atom stereocenters. The molecule has 0 spiro atoms. The molecule has 0 aromatic heterocycles. The highest BCUT2D eigenvalue weighted by molar-refractivity contribution is 6.38. The number of carboxylic acid groups (broad SMARTS) is 4. The van der Waals surface area contributed by atoms with E-state index in [1.54, 1.807) is 24.3 Å². The van der Waals surface area contributed by atoms with Crippen molar-refractivity contribution >= 4 is 78.8 Å². The van der Waals surface area contributed by atoms with Gasteiger partial charge in [0.15, 0.2) is 0 Å². The number of hydrogen-bond donors (Lipinski definition) is 6. The average molecular weight is 571 g/mol. The van der Waals surface area contributed by atoms with Crippen LogP contribution in [-0.4, -0.2) is 69.2 Å². The quantitative estimate of drug-likeness (QED) is 0.106. The van der Waals surface area contributed by atoms with Crippen LogP contribution in [0.3, 0.4) is 0 Å². The zero-order valence-electron chi connectivity index (χ0n) is 21.7. The second-order valence-corrected chi connectivity index (χ2v) is 9.55. The van der Waals surface area contributed by atoms with Crippen molar-refractivity contribution in [3.8, 4) is 0 Å². The lowest BCUT2D eigenvalue weighted by molar-refractivity contribution is -0.137. The molecule has 0 aliphatic heterocycles. The van der Waals surface area contributed by atoms with Gasteiger partial charge in [-0.3, -0.25) is 19.2 Å². The summed E-state index contributed by atoms with van der Waals surface area (Å²) in [7, 11) is 0. The summed E-state index contributed by atoms with van der Waals surface area (Å²) in [5.74, 6) is -6.12. The van der Waals surface area contributed by atoms with E-state index in [-0.39, 0.29) is 59.0 Å². The van der Waals surface area contributed by atoms with Crippen molar-refractivity contribution in [1.29, 1.82) is 0 Å². The van der Waals surface area contributed by atoms with E-state index in [2.05, 4.69) is 10.6 Å². The van der Waals surface area contributed by atoms with Crippen LogP contribution in [0.5, 0.6) is 0 Å².